The second-order valence-corrected chi connectivity index (χ2v) is 3.97. The topological polar surface area (TPSA) is 79.3 Å². The maximum absolute atomic E-state index is 10.2. The number of amides is 1. The summed E-state index contributed by atoms with van der Waals surface area (Å²) in [6.07, 6.45) is 6.16. The molecule has 2 rings (SSSR count). The molecule has 1 heterocycles. The second-order valence-electron chi connectivity index (χ2n) is 3.97. The first kappa shape index (κ1) is 16.6. The smallest absolute Gasteiger partial charge is 0.290 e. The summed E-state index contributed by atoms with van der Waals surface area (Å²) in [5, 5.41) is 11.8. The van der Waals surface area contributed by atoms with Crippen molar-refractivity contribution in [3.05, 3.63) is 42.2 Å². The Hall–Kier alpha value is -3.43. The number of hydrogen-bond donors (Lipinski definition) is 2. The predicted octanol–water partition coefficient (Wildman–Crippen LogP) is 1.52. The van der Waals surface area contributed by atoms with E-state index in [1.165, 1.54) is 10.9 Å². The second kappa shape index (κ2) is 8.63. The number of nitrogens with one attached hydrogen (secondary N) is 1. The number of carboxylic acid groups (broad SMARTS) is 1. The van der Waals surface area contributed by atoms with Gasteiger partial charge in [-0.05, 0) is 36.4 Å². The van der Waals surface area contributed by atoms with Crippen LogP contribution in [0.1, 0.15) is 12.5 Å². The average Bonchev–Trinajstić information content (AvgIpc) is 2.40. The Morgan fingerprint density at radius 1 is 1.45 bits per heavy atom. The monoisotopic (exact) mass is 516 g/mol. The van der Waals surface area contributed by atoms with Gasteiger partial charge in [-0.25, -0.2) is 0 Å². The molecular formula is C14H15FmN2O3-. The van der Waals surface area contributed by atoms with Gasteiger partial charge in [0.15, 0.2) is 0 Å². The first-order valence-electron chi connectivity index (χ1n) is 5.75. The van der Waals surface area contributed by atoms with E-state index < -0.39 is 0 Å². The maximum Gasteiger partial charge on any atom is 0.290 e. The maximum atomic E-state index is 10.2. The molecule has 1 unspecified atom stereocenters. The van der Waals surface area contributed by atoms with Crippen molar-refractivity contribution in [1.82, 2.24) is 10.3 Å². The predicted molar refractivity (Wildman–Crippen MR) is 72.4 cm³/mol. The molecule has 0 bridgehead atoms. The van der Waals surface area contributed by atoms with E-state index in [2.05, 4.69) is 22.4 Å². The van der Waals surface area contributed by atoms with Crippen molar-refractivity contribution in [1.29, 1.82) is 0 Å². The summed E-state index contributed by atoms with van der Waals surface area (Å²) in [5.74, 6) is 0. The molecule has 6 heteroatoms. The van der Waals surface area contributed by atoms with Gasteiger partial charge in [0.2, 0.25) is 0 Å². The van der Waals surface area contributed by atoms with Gasteiger partial charge in [0.25, 0.3) is 6.47 Å². The van der Waals surface area contributed by atoms with E-state index in [9.17, 15) is 4.79 Å². The first-order valence-corrected chi connectivity index (χ1v) is 5.75. The summed E-state index contributed by atoms with van der Waals surface area (Å²) < 4.78 is 0. The Balaban J connectivity index is 0.000000830. The Morgan fingerprint density at radius 3 is 2.80 bits per heavy atom. The van der Waals surface area contributed by atoms with E-state index in [1.807, 2.05) is 25.3 Å². The summed E-state index contributed by atoms with van der Waals surface area (Å²) in [6, 6.07) is 8.22. The molecule has 0 saturated carbocycles. The number of nitrogens with zero attached hydrogens (tertiary/aromatic N) is 1. The van der Waals surface area contributed by atoms with Gasteiger partial charge >= 0.3 is 0 Å². The minimum atomic E-state index is -0.250. The van der Waals surface area contributed by atoms with Gasteiger partial charge in [-0.1, -0.05) is 18.2 Å². The molecule has 0 radical (unpaired) electrons. The van der Waals surface area contributed by atoms with E-state index in [4.69, 9.17) is 9.90 Å². The zero-order valence-corrected chi connectivity index (χ0v) is 13.2. The van der Waals surface area contributed by atoms with Crippen molar-refractivity contribution < 1.29 is 14.7 Å². The number of rotatable bonds is 4. The zero-order chi connectivity index (χ0) is 14.1. The van der Waals surface area contributed by atoms with Crippen molar-refractivity contribution in [2.24, 2.45) is 0 Å². The Labute approximate surface area is 111 Å². The molecule has 2 aromatic rings. The number of fused-ring (bicyclic) bond motifs is 1. The van der Waals surface area contributed by atoms with Crippen LogP contribution in [0.4, 0.5) is 0 Å². The van der Waals surface area contributed by atoms with Crippen molar-refractivity contribution in [2.45, 2.75) is 19.4 Å². The molecule has 0 spiro atoms. The molecule has 0 fully saturated rings. The first-order chi connectivity index (χ1) is 9.22. The van der Waals surface area contributed by atoms with Crippen LogP contribution in [-0.2, 0) is 16.0 Å². The third-order valence-electron chi connectivity index (χ3n) is 2.61. The van der Waals surface area contributed by atoms with Gasteiger partial charge in [0.1, 0.15) is 0 Å². The number of pyridine rings is 1. The van der Waals surface area contributed by atoms with E-state index in [-0.39, 0.29) is 12.5 Å². The molecule has 0 saturated heterocycles. The molecule has 20 heavy (non-hydrogen) atoms. The van der Waals surface area contributed by atoms with Crippen LogP contribution >= 0.6 is 0 Å². The fraction of sp³-hybridized carbons (Fsp3) is 0.214. The molecule has 5 nitrogen and oxygen atoms in total. The van der Waals surface area contributed by atoms with Crippen molar-refractivity contribution >= 4 is 23.7 Å². The zero-order valence-electron chi connectivity index (χ0n) is 10.8. The standard InChI is InChI=1S/C13H13N2O.CH2O2.Fm/c1-10(15-9-16)7-12-4-2-3-11-5-6-14-8-13(11)12;2-1-3;/h2-6,8,10H,7H2,1H3,(H,15,16);1H,(H,2,3);/q-1;;. The van der Waals surface area contributed by atoms with Crippen LogP contribution in [0.2, 0.25) is 0 Å². The number of benzene rings is 1. The molecule has 0 aliphatic carbocycles. The van der Waals surface area contributed by atoms with Crippen molar-refractivity contribution in [2.75, 3.05) is 0 Å². The van der Waals surface area contributed by atoms with E-state index in [0.717, 1.165) is 11.8 Å². The SMILES string of the molecule is CC(Cc1cccc2ccncc12)N[C-]=O.O=CO.[Fm]. The van der Waals surface area contributed by atoms with Crippen LogP contribution in [-0.4, -0.2) is 29.0 Å². The minimum absolute atomic E-state index is 0. The molecule has 1 aromatic heterocycles. The Morgan fingerprint density at radius 2 is 2.15 bits per heavy atom. The molecule has 0 aliphatic heterocycles. The Bertz CT molecular complexity index is 543. The summed E-state index contributed by atoms with van der Waals surface area (Å²) in [4.78, 5) is 22.7. The molecule has 1 aromatic carbocycles. The number of carbonyl (C=O) groups is 1. The summed E-state index contributed by atoms with van der Waals surface area (Å²) in [5.41, 5.74) is 1.20. The third kappa shape index (κ3) is 4.44. The largest absolute Gasteiger partial charge is 0.527 e. The van der Waals surface area contributed by atoms with Crippen molar-refractivity contribution in [3.8, 4) is 0 Å². The van der Waals surface area contributed by atoms with Crippen LogP contribution in [0.15, 0.2) is 36.7 Å². The van der Waals surface area contributed by atoms with E-state index in [1.54, 1.807) is 12.6 Å². The molecule has 0 aliphatic rings. The molecule has 2 N–H and O–H groups in total. The van der Waals surface area contributed by atoms with Gasteiger partial charge in [-0.2, -0.15) is 6.41 Å². The van der Waals surface area contributed by atoms with Crippen LogP contribution in [0, 0.1) is 0 Å². The van der Waals surface area contributed by atoms with E-state index in [0.29, 0.717) is 0 Å². The number of carbonyl (C=O) groups excluding carboxylic acids is 1. The van der Waals surface area contributed by atoms with Crippen molar-refractivity contribution in [3.63, 3.8) is 0 Å². The molecule has 1 amide bonds. The van der Waals surface area contributed by atoms with E-state index >= 15 is 0 Å². The molecule has 1 atom stereocenters. The minimum Gasteiger partial charge on any atom is -0.527 e. The van der Waals surface area contributed by atoms with Gasteiger partial charge in [0, 0.05) is 17.8 Å². The quantitative estimate of drug-likeness (QED) is 0.367. The van der Waals surface area contributed by atoms with Crippen LogP contribution < -0.4 is 5.32 Å². The van der Waals surface area contributed by atoms with Gasteiger partial charge in [-0.3, -0.25) is 9.78 Å². The van der Waals surface area contributed by atoms with Gasteiger partial charge in [-0.15, -0.1) is 0 Å². The fourth-order valence-corrected chi connectivity index (χ4v) is 1.84. The van der Waals surface area contributed by atoms with Crippen LogP contribution in [0.5, 0.6) is 0 Å². The average molecular weight is 516 g/mol. The summed E-state index contributed by atoms with van der Waals surface area (Å²) >= 11 is 0. The summed E-state index contributed by atoms with van der Waals surface area (Å²) in [6.45, 7) is 1.71. The number of aromatic nitrogens is 1. The Kier molecular flexibility index (Phi) is 7.15. The van der Waals surface area contributed by atoms with Gasteiger partial charge in [0.05, 0.1) is 0 Å². The van der Waals surface area contributed by atoms with Gasteiger partial charge < -0.3 is 15.2 Å². The number of hydrogen-bond acceptors (Lipinski definition) is 3. The third-order valence-corrected chi connectivity index (χ3v) is 2.61. The summed E-state index contributed by atoms with van der Waals surface area (Å²) in [7, 11) is 0. The van der Waals surface area contributed by atoms with Crippen LogP contribution in [0.3, 0.4) is 0 Å². The molecule has 112 valence electrons. The van der Waals surface area contributed by atoms with Crippen LogP contribution in [0.25, 0.3) is 10.8 Å². The molecular weight excluding hydrogens is 501 g/mol. The fourth-order valence-electron chi connectivity index (χ4n) is 1.84. The normalized spacial score (nSPS) is 10.4.